The fraction of sp³-hybridized carbons (Fsp3) is 0.590. The van der Waals surface area contributed by atoms with E-state index < -0.39 is 6.29 Å². The van der Waals surface area contributed by atoms with Crippen LogP contribution in [-0.2, 0) is 34.0 Å². The highest BCUT2D eigenvalue weighted by molar-refractivity contribution is 6.40. The van der Waals surface area contributed by atoms with Crippen molar-refractivity contribution in [2.45, 2.75) is 142 Å². The first-order valence-electron chi connectivity index (χ1n) is 18.1. The molecule has 0 aliphatic carbocycles. The van der Waals surface area contributed by atoms with Crippen molar-refractivity contribution in [1.29, 1.82) is 0 Å². The van der Waals surface area contributed by atoms with Crippen molar-refractivity contribution in [2.24, 2.45) is 5.92 Å². The number of nitrogens with zero attached hydrogens (tertiary/aromatic N) is 2. The van der Waals surface area contributed by atoms with Crippen LogP contribution in [-0.4, -0.2) is 26.7 Å². The topological polar surface area (TPSA) is 85.6 Å². The van der Waals surface area contributed by atoms with E-state index in [9.17, 15) is 9.90 Å². The van der Waals surface area contributed by atoms with Crippen LogP contribution >= 0.6 is 23.2 Å². The Morgan fingerprint density at radius 2 is 1.38 bits per heavy atom. The zero-order valence-corrected chi connectivity index (χ0v) is 30.4. The molecule has 9 heteroatoms. The van der Waals surface area contributed by atoms with Gasteiger partial charge in [0.1, 0.15) is 5.15 Å². The fourth-order valence-electron chi connectivity index (χ4n) is 6.38. The molecule has 3 aromatic rings. The number of imidazole rings is 1. The minimum atomic E-state index is -0.606. The summed E-state index contributed by atoms with van der Waals surface area (Å²) in [6.07, 6.45) is 18.0. The number of unbranched alkanes of at least 4 members (excludes halogenated alkanes) is 12. The minimum absolute atomic E-state index is 0.0112. The van der Waals surface area contributed by atoms with E-state index in [0.29, 0.717) is 24.7 Å². The molecule has 4 rings (SSSR count). The molecule has 1 aromatic heterocycles. The maximum Gasteiger partial charge on any atom is 0.220 e. The van der Waals surface area contributed by atoms with Gasteiger partial charge in [0.2, 0.25) is 5.91 Å². The van der Waals surface area contributed by atoms with Gasteiger partial charge in [0, 0.05) is 24.4 Å². The summed E-state index contributed by atoms with van der Waals surface area (Å²) < 4.78 is 14.9. The quantitative estimate of drug-likeness (QED) is 0.108. The number of rotatable bonds is 21. The van der Waals surface area contributed by atoms with Crippen LogP contribution in [0.3, 0.4) is 0 Å². The van der Waals surface area contributed by atoms with E-state index in [-0.39, 0.29) is 35.8 Å². The van der Waals surface area contributed by atoms with Gasteiger partial charge in [0.05, 0.1) is 31.7 Å². The molecule has 0 radical (unpaired) electrons. The second-order valence-electron chi connectivity index (χ2n) is 13.3. The Morgan fingerprint density at radius 3 is 1.94 bits per heavy atom. The highest BCUT2D eigenvalue weighted by Gasteiger charge is 2.38. The molecule has 2 N–H and O–H groups in total. The van der Waals surface area contributed by atoms with Crippen molar-refractivity contribution in [2.75, 3.05) is 0 Å². The van der Waals surface area contributed by atoms with Gasteiger partial charge in [-0.25, -0.2) is 4.98 Å². The highest BCUT2D eigenvalue weighted by Crippen LogP contribution is 2.42. The van der Waals surface area contributed by atoms with E-state index >= 15 is 0 Å². The third-order valence-electron chi connectivity index (χ3n) is 9.48. The number of aliphatic hydroxyl groups excluding tert-OH is 1. The maximum atomic E-state index is 12.5. The summed E-state index contributed by atoms with van der Waals surface area (Å²) in [5.41, 5.74) is 3.77. The Labute approximate surface area is 297 Å². The molecule has 2 heterocycles. The van der Waals surface area contributed by atoms with E-state index in [1.807, 2.05) is 48.5 Å². The zero-order chi connectivity index (χ0) is 34.1. The van der Waals surface area contributed by atoms with E-state index in [1.165, 1.54) is 70.6 Å². The zero-order valence-electron chi connectivity index (χ0n) is 28.8. The molecule has 4 atom stereocenters. The van der Waals surface area contributed by atoms with Crippen molar-refractivity contribution in [3.63, 3.8) is 0 Å². The molecule has 264 valence electrons. The van der Waals surface area contributed by atoms with Gasteiger partial charge in [-0.15, -0.1) is 0 Å². The summed E-state index contributed by atoms with van der Waals surface area (Å²) in [6, 6.07) is 15.8. The summed E-state index contributed by atoms with van der Waals surface area (Å²) >= 11 is 12.5. The van der Waals surface area contributed by atoms with Crippen molar-refractivity contribution in [1.82, 2.24) is 14.9 Å². The molecule has 0 spiro atoms. The lowest BCUT2D eigenvalue weighted by atomic mass is 9.90. The summed E-state index contributed by atoms with van der Waals surface area (Å²) in [4.78, 5) is 16.6. The van der Waals surface area contributed by atoms with Crippen LogP contribution in [0.15, 0.2) is 54.9 Å². The molecule has 1 saturated heterocycles. The number of benzene rings is 2. The van der Waals surface area contributed by atoms with Crippen molar-refractivity contribution >= 4 is 29.1 Å². The molecule has 1 amide bonds. The lowest BCUT2D eigenvalue weighted by molar-refractivity contribution is -0.276. The van der Waals surface area contributed by atoms with E-state index in [0.717, 1.165) is 35.1 Å². The molecule has 2 aromatic carbocycles. The summed E-state index contributed by atoms with van der Waals surface area (Å²) in [6.45, 7) is 5.31. The summed E-state index contributed by atoms with van der Waals surface area (Å²) in [7, 11) is 0. The molecule has 1 unspecified atom stereocenters. The Hall–Kier alpha value is -2.42. The Balaban J connectivity index is 1.21. The molecule has 7 nitrogen and oxygen atoms in total. The van der Waals surface area contributed by atoms with Crippen LogP contribution in [0.1, 0.15) is 138 Å². The smallest absolute Gasteiger partial charge is 0.220 e. The van der Waals surface area contributed by atoms with Crippen LogP contribution < -0.4 is 5.32 Å². The van der Waals surface area contributed by atoms with Crippen LogP contribution in [0.5, 0.6) is 0 Å². The van der Waals surface area contributed by atoms with Gasteiger partial charge in [0.25, 0.3) is 0 Å². The van der Waals surface area contributed by atoms with Gasteiger partial charge in [-0.1, -0.05) is 163 Å². The molecule has 1 aliphatic rings. The average Bonchev–Trinajstić information content (AvgIpc) is 3.42. The molecular weight excluding hydrogens is 645 g/mol. The van der Waals surface area contributed by atoms with Crippen LogP contribution in [0.25, 0.3) is 0 Å². The Kier molecular flexibility index (Phi) is 16.7. The first-order chi connectivity index (χ1) is 23.4. The number of carbonyl (C=O) groups excluding carboxylic acids is 1. The standard InChI is InChI=1S/C39H55Cl2N3O4/c1-3-4-5-6-7-8-9-10-11-12-13-14-15-16-35(46)42-25-30-17-23-33(24-18-30)39-47-34(26-44-28-43-37(40)38(44)41)29(2)36(48-39)32-21-19-31(27-45)20-22-32/h17-24,28-29,34,36,39,45H,3-16,25-27H2,1-2H3,(H,42,46)/t29-,34+,36+,39?/m0/s1. The second-order valence-corrected chi connectivity index (χ2v) is 14.0. The Morgan fingerprint density at radius 1 is 0.812 bits per heavy atom. The number of aliphatic hydroxyl groups is 1. The average molecular weight is 701 g/mol. The molecule has 1 fully saturated rings. The predicted octanol–water partition coefficient (Wildman–Crippen LogP) is 10.3. The number of amides is 1. The number of hydrogen-bond acceptors (Lipinski definition) is 5. The van der Waals surface area contributed by atoms with Gasteiger partial charge in [-0.05, 0) is 23.1 Å². The molecule has 0 bridgehead atoms. The molecule has 1 aliphatic heterocycles. The van der Waals surface area contributed by atoms with Crippen molar-refractivity contribution in [3.8, 4) is 0 Å². The SMILES string of the molecule is CCCCCCCCCCCCCCCC(=O)NCc1ccc(C2O[C@H](Cn3cnc(Cl)c3Cl)[C@H](C)[C@H](c3ccc(CO)cc3)O2)cc1. The van der Waals surface area contributed by atoms with Gasteiger partial charge in [0.15, 0.2) is 11.4 Å². The van der Waals surface area contributed by atoms with E-state index in [2.05, 4.69) is 24.1 Å². The number of nitrogens with one attached hydrogen (secondary N) is 1. The lowest BCUT2D eigenvalue weighted by Gasteiger charge is -2.41. The van der Waals surface area contributed by atoms with Gasteiger partial charge >= 0.3 is 0 Å². The molecule has 0 saturated carbocycles. The van der Waals surface area contributed by atoms with Gasteiger partial charge in [-0.2, -0.15) is 0 Å². The second kappa shape index (κ2) is 20.9. The number of hydrogen-bond donors (Lipinski definition) is 2. The first-order valence-corrected chi connectivity index (χ1v) is 18.9. The van der Waals surface area contributed by atoms with Crippen LogP contribution in [0, 0.1) is 5.92 Å². The van der Waals surface area contributed by atoms with Crippen LogP contribution in [0.2, 0.25) is 10.3 Å². The van der Waals surface area contributed by atoms with Gasteiger partial charge in [-0.3, -0.25) is 4.79 Å². The lowest BCUT2D eigenvalue weighted by Crippen LogP contribution is -2.39. The van der Waals surface area contributed by atoms with Crippen molar-refractivity contribution < 1.29 is 19.4 Å². The van der Waals surface area contributed by atoms with Gasteiger partial charge < -0.3 is 24.5 Å². The van der Waals surface area contributed by atoms with Crippen molar-refractivity contribution in [3.05, 3.63) is 87.4 Å². The minimum Gasteiger partial charge on any atom is -0.392 e. The molecule has 48 heavy (non-hydrogen) atoms. The monoisotopic (exact) mass is 699 g/mol. The molecular formula is C39H55Cl2N3O4. The van der Waals surface area contributed by atoms with E-state index in [4.69, 9.17) is 32.7 Å². The third-order valence-corrected chi connectivity index (χ3v) is 10.3. The number of halogens is 2. The first kappa shape index (κ1) is 38.4. The number of aromatic nitrogens is 2. The maximum absolute atomic E-state index is 12.5. The number of carbonyl (C=O) groups is 1. The van der Waals surface area contributed by atoms with Crippen LogP contribution in [0.4, 0.5) is 0 Å². The Bertz CT molecular complexity index is 1350. The van der Waals surface area contributed by atoms with E-state index in [1.54, 1.807) is 10.9 Å². The third kappa shape index (κ3) is 12.2. The fourth-order valence-corrected chi connectivity index (χ4v) is 6.69. The highest BCUT2D eigenvalue weighted by atomic mass is 35.5. The largest absolute Gasteiger partial charge is 0.392 e. The number of ether oxygens (including phenoxy) is 2. The predicted molar refractivity (Wildman–Crippen MR) is 194 cm³/mol. The normalized spacial score (nSPS) is 19.4. The summed E-state index contributed by atoms with van der Waals surface area (Å²) in [5, 5.41) is 13.2. The summed E-state index contributed by atoms with van der Waals surface area (Å²) in [5.74, 6) is 0.0918.